The van der Waals surface area contributed by atoms with Gasteiger partial charge < -0.3 is 4.74 Å². The van der Waals surface area contributed by atoms with Crippen LogP contribution in [-0.4, -0.2) is 19.5 Å². The van der Waals surface area contributed by atoms with Gasteiger partial charge in [-0.25, -0.2) is 0 Å². The lowest BCUT2D eigenvalue weighted by Gasteiger charge is -2.08. The minimum absolute atomic E-state index is 0.0492. The van der Waals surface area contributed by atoms with Gasteiger partial charge in [0.2, 0.25) is 0 Å². The maximum Gasteiger partial charge on any atom is 0.188 e. The molecule has 0 heterocycles. The van der Waals surface area contributed by atoms with Crippen LogP contribution in [0.25, 0.3) is 0 Å². The van der Waals surface area contributed by atoms with E-state index in [0.717, 1.165) is 16.7 Å². The van der Waals surface area contributed by atoms with Crippen LogP contribution in [0.5, 0.6) is 0 Å². The Morgan fingerprint density at radius 1 is 1.14 bits per heavy atom. The zero-order chi connectivity index (χ0) is 10.7. The molecule has 1 rings (SSSR count). The number of rotatable bonds is 3. The first-order valence-electron chi connectivity index (χ1n) is 4.66. The van der Waals surface area contributed by atoms with E-state index in [1.807, 2.05) is 32.9 Å². The summed E-state index contributed by atoms with van der Waals surface area (Å²) in [6, 6.07) is 3.98. The summed E-state index contributed by atoms with van der Waals surface area (Å²) in [4.78, 5) is 11.6. The van der Waals surface area contributed by atoms with Crippen LogP contribution in [0.15, 0.2) is 12.1 Å². The van der Waals surface area contributed by atoms with Gasteiger partial charge in [0.1, 0.15) is 6.61 Å². The Labute approximate surface area is 84.9 Å². The van der Waals surface area contributed by atoms with Crippen molar-refractivity contribution in [2.75, 3.05) is 13.7 Å². The van der Waals surface area contributed by atoms with Gasteiger partial charge in [-0.3, -0.25) is 4.79 Å². The molecule has 0 N–H and O–H groups in total. The first kappa shape index (κ1) is 10.9. The fourth-order valence-electron chi connectivity index (χ4n) is 1.47. The van der Waals surface area contributed by atoms with Crippen molar-refractivity contribution in [3.63, 3.8) is 0 Å². The fourth-order valence-corrected chi connectivity index (χ4v) is 1.47. The third-order valence-corrected chi connectivity index (χ3v) is 2.42. The van der Waals surface area contributed by atoms with Crippen molar-refractivity contribution in [1.29, 1.82) is 0 Å². The van der Waals surface area contributed by atoms with Gasteiger partial charge in [0.25, 0.3) is 0 Å². The molecule has 0 amide bonds. The van der Waals surface area contributed by atoms with E-state index >= 15 is 0 Å². The van der Waals surface area contributed by atoms with Crippen molar-refractivity contribution in [2.45, 2.75) is 20.8 Å². The summed E-state index contributed by atoms with van der Waals surface area (Å²) in [6.45, 7) is 6.17. The van der Waals surface area contributed by atoms with Crippen LogP contribution in [0.1, 0.15) is 27.0 Å². The van der Waals surface area contributed by atoms with E-state index in [9.17, 15) is 4.79 Å². The fraction of sp³-hybridized carbons (Fsp3) is 0.417. The number of carbonyl (C=O) groups is 1. The molecule has 0 aliphatic heterocycles. The van der Waals surface area contributed by atoms with Crippen LogP contribution in [0.3, 0.4) is 0 Å². The molecule has 0 bridgehead atoms. The number of ketones is 1. The monoisotopic (exact) mass is 192 g/mol. The lowest BCUT2D eigenvalue weighted by Crippen LogP contribution is -2.09. The summed E-state index contributed by atoms with van der Waals surface area (Å²) < 4.78 is 4.83. The van der Waals surface area contributed by atoms with E-state index in [1.54, 1.807) is 0 Å². The Balaban J connectivity index is 3.09. The van der Waals surface area contributed by atoms with E-state index in [4.69, 9.17) is 4.74 Å². The SMILES string of the molecule is COCC(=O)c1cc(C)c(C)cc1C. The molecule has 14 heavy (non-hydrogen) atoms. The molecule has 0 saturated heterocycles. The van der Waals surface area contributed by atoms with E-state index in [1.165, 1.54) is 12.7 Å². The van der Waals surface area contributed by atoms with Crippen molar-refractivity contribution in [1.82, 2.24) is 0 Å². The van der Waals surface area contributed by atoms with Crippen LogP contribution in [0, 0.1) is 20.8 Å². The Morgan fingerprint density at radius 3 is 2.29 bits per heavy atom. The first-order chi connectivity index (χ1) is 6.56. The van der Waals surface area contributed by atoms with E-state index in [2.05, 4.69) is 0 Å². The van der Waals surface area contributed by atoms with Gasteiger partial charge >= 0.3 is 0 Å². The zero-order valence-corrected chi connectivity index (χ0v) is 9.18. The maximum absolute atomic E-state index is 11.6. The van der Waals surface area contributed by atoms with Crippen LogP contribution >= 0.6 is 0 Å². The highest BCUT2D eigenvalue weighted by Crippen LogP contribution is 2.15. The average Bonchev–Trinajstić information content (AvgIpc) is 2.11. The topological polar surface area (TPSA) is 26.3 Å². The lowest BCUT2D eigenvalue weighted by molar-refractivity contribution is 0.0847. The second-order valence-electron chi connectivity index (χ2n) is 3.61. The molecule has 0 unspecified atom stereocenters. The molecule has 0 saturated carbocycles. The molecular formula is C12H16O2. The molecule has 2 heteroatoms. The highest BCUT2D eigenvalue weighted by molar-refractivity contribution is 5.98. The number of aryl methyl sites for hydroxylation is 3. The maximum atomic E-state index is 11.6. The molecule has 0 aliphatic rings. The van der Waals surface area contributed by atoms with Crippen LogP contribution < -0.4 is 0 Å². The molecule has 0 spiro atoms. The number of hydrogen-bond acceptors (Lipinski definition) is 2. The lowest BCUT2D eigenvalue weighted by atomic mass is 9.98. The summed E-state index contributed by atoms with van der Waals surface area (Å²) in [6.07, 6.45) is 0. The molecular weight excluding hydrogens is 176 g/mol. The van der Waals surface area contributed by atoms with Gasteiger partial charge in [-0.2, -0.15) is 0 Å². The van der Waals surface area contributed by atoms with E-state index in [-0.39, 0.29) is 12.4 Å². The zero-order valence-electron chi connectivity index (χ0n) is 9.18. The molecule has 0 atom stereocenters. The Bertz CT molecular complexity index is 354. The van der Waals surface area contributed by atoms with Gasteiger partial charge in [0, 0.05) is 12.7 Å². The number of Topliss-reactive ketones (excluding diaryl/α,β-unsaturated/α-hetero) is 1. The predicted molar refractivity (Wildman–Crippen MR) is 56.9 cm³/mol. The van der Waals surface area contributed by atoms with Crippen molar-refractivity contribution < 1.29 is 9.53 Å². The largest absolute Gasteiger partial charge is 0.377 e. The van der Waals surface area contributed by atoms with E-state index < -0.39 is 0 Å². The molecule has 0 fully saturated rings. The third kappa shape index (κ3) is 2.20. The first-order valence-corrected chi connectivity index (χ1v) is 4.66. The highest BCUT2D eigenvalue weighted by Gasteiger charge is 2.09. The van der Waals surface area contributed by atoms with Gasteiger partial charge in [-0.15, -0.1) is 0 Å². The number of ether oxygens (including phenoxy) is 1. The van der Waals surface area contributed by atoms with Gasteiger partial charge in [-0.05, 0) is 43.5 Å². The summed E-state index contributed by atoms with van der Waals surface area (Å²) in [5.41, 5.74) is 4.16. The molecule has 76 valence electrons. The van der Waals surface area contributed by atoms with Gasteiger partial charge in [-0.1, -0.05) is 6.07 Å². The van der Waals surface area contributed by atoms with Gasteiger partial charge in [0.15, 0.2) is 5.78 Å². The molecule has 0 radical (unpaired) electrons. The predicted octanol–water partition coefficient (Wildman–Crippen LogP) is 2.44. The van der Waals surface area contributed by atoms with E-state index in [0.29, 0.717) is 0 Å². The molecule has 1 aromatic rings. The average molecular weight is 192 g/mol. The number of carbonyl (C=O) groups excluding carboxylic acids is 1. The Morgan fingerprint density at radius 2 is 1.71 bits per heavy atom. The Kier molecular flexibility index (Phi) is 3.42. The minimum atomic E-state index is 0.0492. The van der Waals surface area contributed by atoms with Gasteiger partial charge in [0.05, 0.1) is 0 Å². The summed E-state index contributed by atoms with van der Waals surface area (Å²) in [5, 5.41) is 0. The number of hydrogen-bond donors (Lipinski definition) is 0. The Hall–Kier alpha value is -1.15. The summed E-state index contributed by atoms with van der Waals surface area (Å²) in [7, 11) is 1.54. The normalized spacial score (nSPS) is 10.3. The summed E-state index contributed by atoms with van der Waals surface area (Å²) in [5.74, 6) is 0.0492. The van der Waals surface area contributed by atoms with Crippen molar-refractivity contribution in [3.8, 4) is 0 Å². The third-order valence-electron chi connectivity index (χ3n) is 2.42. The van der Waals surface area contributed by atoms with Crippen LogP contribution in [0.2, 0.25) is 0 Å². The molecule has 0 aromatic heterocycles. The van der Waals surface area contributed by atoms with Crippen molar-refractivity contribution in [2.24, 2.45) is 0 Å². The van der Waals surface area contributed by atoms with Crippen molar-refractivity contribution in [3.05, 3.63) is 34.4 Å². The molecule has 0 aliphatic carbocycles. The molecule has 2 nitrogen and oxygen atoms in total. The quantitative estimate of drug-likeness (QED) is 0.687. The number of benzene rings is 1. The van der Waals surface area contributed by atoms with Crippen LogP contribution in [-0.2, 0) is 4.74 Å². The van der Waals surface area contributed by atoms with Crippen molar-refractivity contribution >= 4 is 5.78 Å². The second kappa shape index (κ2) is 4.38. The second-order valence-corrected chi connectivity index (χ2v) is 3.61. The van der Waals surface area contributed by atoms with Crippen LogP contribution in [0.4, 0.5) is 0 Å². The highest BCUT2D eigenvalue weighted by atomic mass is 16.5. The summed E-state index contributed by atoms with van der Waals surface area (Å²) >= 11 is 0. The minimum Gasteiger partial charge on any atom is -0.377 e. The molecule has 1 aromatic carbocycles. The smallest absolute Gasteiger partial charge is 0.188 e. The number of methoxy groups -OCH3 is 1. The standard InChI is InChI=1S/C12H16O2/c1-8-5-10(3)11(6-9(8)2)12(13)7-14-4/h5-6H,7H2,1-4H3.